The molecule has 188 valence electrons. The minimum absolute atomic E-state index is 0.0428. The van der Waals surface area contributed by atoms with Crippen molar-refractivity contribution < 1.29 is 28.6 Å². The molecule has 0 saturated heterocycles. The molecule has 2 aromatic rings. The maximum absolute atomic E-state index is 13.5. The van der Waals surface area contributed by atoms with Crippen LogP contribution >= 0.6 is 0 Å². The second-order valence-electron chi connectivity index (χ2n) is 8.87. The maximum atomic E-state index is 13.5. The first kappa shape index (κ1) is 26.0. The largest absolute Gasteiger partial charge is 0.501 e. The quantitative estimate of drug-likeness (QED) is 0.499. The fourth-order valence-corrected chi connectivity index (χ4v) is 3.90. The molecule has 35 heavy (non-hydrogen) atoms. The molecule has 1 N–H and O–H groups in total. The Morgan fingerprint density at radius 2 is 1.89 bits per heavy atom. The Hall–Kier alpha value is -3.60. The first-order chi connectivity index (χ1) is 16.4. The molecule has 0 spiro atoms. The third-order valence-corrected chi connectivity index (χ3v) is 6.00. The zero-order valence-corrected chi connectivity index (χ0v) is 20.4. The maximum Gasteiger partial charge on any atom is 0.312 e. The number of aromatic hydroxyl groups is 1. The van der Waals surface area contributed by atoms with Gasteiger partial charge in [-0.3, -0.25) is 23.7 Å². The van der Waals surface area contributed by atoms with Gasteiger partial charge in [-0.25, -0.2) is 9.37 Å². The highest BCUT2D eigenvalue weighted by atomic mass is 19.1. The first-order valence-corrected chi connectivity index (χ1v) is 11.1. The molecule has 2 amide bonds. The summed E-state index contributed by atoms with van der Waals surface area (Å²) < 4.78 is 20.3. The number of carbonyl (C=O) groups excluding carboxylic acids is 3. The minimum Gasteiger partial charge on any atom is -0.501 e. The average molecular weight is 489 g/mol. The Morgan fingerprint density at radius 1 is 1.20 bits per heavy atom. The molecule has 1 aliphatic rings. The number of rotatable bonds is 5. The monoisotopic (exact) mass is 488 g/mol. The summed E-state index contributed by atoms with van der Waals surface area (Å²) >= 11 is 0. The number of ketones is 1. The Morgan fingerprint density at radius 3 is 2.51 bits per heavy atom. The van der Waals surface area contributed by atoms with Crippen LogP contribution in [0.3, 0.4) is 0 Å². The van der Waals surface area contributed by atoms with Crippen molar-refractivity contribution in [1.82, 2.24) is 19.4 Å². The number of nitrogens with zero attached hydrogens (tertiary/aromatic N) is 4. The molecule has 0 unspecified atom stereocenters. The lowest BCUT2D eigenvalue weighted by molar-refractivity contribution is -0.151. The summed E-state index contributed by atoms with van der Waals surface area (Å²) in [6.07, 6.45) is 0.164. The smallest absolute Gasteiger partial charge is 0.312 e. The zero-order chi connectivity index (χ0) is 26.0. The van der Waals surface area contributed by atoms with Crippen molar-refractivity contribution >= 4 is 17.6 Å². The van der Waals surface area contributed by atoms with Gasteiger partial charge in [-0.05, 0) is 37.5 Å². The molecular weight excluding hydrogens is 459 g/mol. The van der Waals surface area contributed by atoms with Crippen molar-refractivity contribution in [2.24, 2.45) is 0 Å². The van der Waals surface area contributed by atoms with Crippen LogP contribution in [0.5, 0.6) is 5.75 Å². The summed E-state index contributed by atoms with van der Waals surface area (Å²) in [5, 5.41) is 10.6. The zero-order valence-electron chi connectivity index (χ0n) is 20.4. The highest BCUT2D eigenvalue weighted by Crippen LogP contribution is 2.27. The van der Waals surface area contributed by atoms with Gasteiger partial charge in [-0.2, -0.15) is 0 Å². The van der Waals surface area contributed by atoms with E-state index >= 15 is 0 Å². The number of hydrogen-bond acceptors (Lipinski definition) is 7. The van der Waals surface area contributed by atoms with Crippen LogP contribution in [0.15, 0.2) is 23.0 Å². The summed E-state index contributed by atoms with van der Waals surface area (Å²) in [5.41, 5.74) is -0.0932. The average Bonchev–Trinajstić information content (AvgIpc) is 2.98. The van der Waals surface area contributed by atoms with Crippen LogP contribution < -0.4 is 5.56 Å². The van der Waals surface area contributed by atoms with Crippen LogP contribution in [0.1, 0.15) is 52.9 Å². The van der Waals surface area contributed by atoms with Gasteiger partial charge in [0, 0.05) is 27.6 Å². The lowest BCUT2D eigenvalue weighted by Gasteiger charge is -2.28. The lowest BCUT2D eigenvalue weighted by atomic mass is 10.0. The van der Waals surface area contributed by atoms with Gasteiger partial charge < -0.3 is 19.6 Å². The highest BCUT2D eigenvalue weighted by molar-refractivity contribution is 6.34. The van der Waals surface area contributed by atoms with E-state index in [9.17, 15) is 28.7 Å². The number of carbonyl (C=O) groups is 3. The molecule has 1 aliphatic heterocycles. The van der Waals surface area contributed by atoms with Crippen molar-refractivity contribution in [3.05, 3.63) is 57.0 Å². The summed E-state index contributed by atoms with van der Waals surface area (Å²) in [6.45, 7) is 3.33. The molecule has 0 radical (unpaired) electrons. The fourth-order valence-electron chi connectivity index (χ4n) is 3.90. The molecule has 1 aromatic carbocycles. The Kier molecular flexibility index (Phi) is 7.69. The van der Waals surface area contributed by atoms with Crippen LogP contribution in [0.2, 0.25) is 0 Å². The summed E-state index contributed by atoms with van der Waals surface area (Å²) in [4.78, 5) is 57.6. The van der Waals surface area contributed by atoms with Crippen molar-refractivity contribution in [3.63, 3.8) is 0 Å². The fraction of sp³-hybridized carbons (Fsp3) is 0.458. The van der Waals surface area contributed by atoms with E-state index in [-0.39, 0.29) is 37.7 Å². The number of likely N-dealkylation sites (N-methyl/N-ethyl adjacent to an activating group) is 2. The topological polar surface area (TPSA) is 122 Å². The number of aromatic nitrogens is 2. The molecule has 10 nitrogen and oxygen atoms in total. The van der Waals surface area contributed by atoms with Crippen LogP contribution in [0, 0.1) is 12.7 Å². The number of amides is 2. The number of aryl methyl sites for hydroxylation is 2. The number of halogens is 1. The van der Waals surface area contributed by atoms with Gasteiger partial charge in [0.15, 0.2) is 11.5 Å². The number of ether oxygens (including phenoxy) is 1. The Balaban J connectivity index is 1.99. The molecule has 2 heterocycles. The van der Waals surface area contributed by atoms with E-state index in [0.29, 0.717) is 5.56 Å². The van der Waals surface area contributed by atoms with Gasteiger partial charge >= 0.3 is 11.8 Å². The third-order valence-electron chi connectivity index (χ3n) is 6.00. The van der Waals surface area contributed by atoms with E-state index < -0.39 is 46.7 Å². The van der Waals surface area contributed by atoms with E-state index in [1.165, 1.54) is 31.8 Å². The number of benzene rings is 1. The van der Waals surface area contributed by atoms with Crippen LogP contribution in [0.4, 0.5) is 4.39 Å². The normalized spacial score (nSPS) is 17.3. The Labute approximate surface area is 201 Å². The van der Waals surface area contributed by atoms with E-state index in [4.69, 9.17) is 4.74 Å². The molecule has 0 fully saturated rings. The first-order valence-electron chi connectivity index (χ1n) is 11.1. The summed E-state index contributed by atoms with van der Waals surface area (Å²) in [6, 6.07) is 3.01. The molecule has 2 atom stereocenters. The standard InChI is InChI=1S/C24H29FN4O6/c1-13-10-15(6-8-16(13)25)7-9-18(30)19-20(31)22(32)29-14(2)11-35-12-17(21(29)26-19)28(5)24(34)23(33)27(3)4/h6,8,10,14,17,31H,7,9,11-12H2,1-5H3/t14-,17+/m1/s1. The second-order valence-corrected chi connectivity index (χ2v) is 8.87. The van der Waals surface area contributed by atoms with Crippen LogP contribution in [-0.4, -0.2) is 76.4 Å². The summed E-state index contributed by atoms with van der Waals surface area (Å²) in [5.74, 6) is -3.30. The van der Waals surface area contributed by atoms with Crippen molar-refractivity contribution in [2.45, 2.75) is 38.8 Å². The number of Topliss-reactive ketones (excluding diaryl/α,β-unsaturated/α-hetero) is 1. The molecule has 0 saturated carbocycles. The van der Waals surface area contributed by atoms with Gasteiger partial charge in [0.2, 0.25) is 5.75 Å². The van der Waals surface area contributed by atoms with Crippen LogP contribution in [-0.2, 0) is 20.7 Å². The predicted molar refractivity (Wildman–Crippen MR) is 124 cm³/mol. The summed E-state index contributed by atoms with van der Waals surface area (Å²) in [7, 11) is 4.26. The van der Waals surface area contributed by atoms with Gasteiger partial charge in [0.05, 0.1) is 19.3 Å². The van der Waals surface area contributed by atoms with Crippen LogP contribution in [0.25, 0.3) is 0 Å². The molecule has 11 heteroatoms. The lowest BCUT2D eigenvalue weighted by Crippen LogP contribution is -2.44. The predicted octanol–water partition coefficient (Wildman–Crippen LogP) is 1.39. The van der Waals surface area contributed by atoms with E-state index in [1.54, 1.807) is 26.0 Å². The molecular formula is C24H29FN4O6. The second kappa shape index (κ2) is 10.3. The van der Waals surface area contributed by atoms with Gasteiger partial charge in [0.1, 0.15) is 17.7 Å². The molecule has 3 rings (SSSR count). The van der Waals surface area contributed by atoms with Gasteiger partial charge in [-0.15, -0.1) is 0 Å². The highest BCUT2D eigenvalue weighted by Gasteiger charge is 2.35. The number of hydrogen-bond donors (Lipinski definition) is 1. The van der Waals surface area contributed by atoms with Gasteiger partial charge in [0.25, 0.3) is 5.56 Å². The van der Waals surface area contributed by atoms with E-state index in [1.807, 2.05) is 0 Å². The molecule has 0 aliphatic carbocycles. The van der Waals surface area contributed by atoms with Crippen molar-refractivity contribution in [3.8, 4) is 5.75 Å². The Bertz CT molecular complexity index is 1230. The molecule has 1 aromatic heterocycles. The van der Waals surface area contributed by atoms with Gasteiger partial charge in [-0.1, -0.05) is 12.1 Å². The van der Waals surface area contributed by atoms with E-state index in [0.717, 1.165) is 15.4 Å². The molecule has 0 bridgehead atoms. The van der Waals surface area contributed by atoms with Crippen molar-refractivity contribution in [2.75, 3.05) is 34.4 Å². The van der Waals surface area contributed by atoms with Crippen molar-refractivity contribution in [1.29, 1.82) is 0 Å². The SMILES string of the molecule is Cc1cc(CCC(=O)c2nc3n(c(=O)c2O)[C@H](C)COC[C@@H]3N(C)C(=O)C(=O)N(C)C)ccc1F. The minimum atomic E-state index is -0.948. The number of fused-ring (bicyclic) bond motifs is 1. The van der Waals surface area contributed by atoms with E-state index in [2.05, 4.69) is 4.98 Å². The third kappa shape index (κ3) is 5.24.